The summed E-state index contributed by atoms with van der Waals surface area (Å²) in [5.74, 6) is -4.73. The second kappa shape index (κ2) is 7.90. The first-order valence-electron chi connectivity index (χ1n) is 8.74. The molecule has 29 heavy (non-hydrogen) atoms. The average Bonchev–Trinajstić information content (AvgIpc) is 2.94. The standard InChI is InChI=1S/C19H18F3N5O2/c1-9-8-16(29)25-19(23-9)27-11(3)12(10(2)26-27)4-7-15(28)24-14-6-5-13(20)17(21)18(14)22/h5-6,8H,4,7H2,1-3H3,(H,24,28)(H,23,25,29). The predicted octanol–water partition coefficient (Wildman–Crippen LogP) is 2.87. The maximum Gasteiger partial charge on any atom is 0.252 e. The number of aromatic nitrogens is 4. The number of carbonyl (C=O) groups excluding carboxylic acids is 1. The van der Waals surface area contributed by atoms with Crippen LogP contribution in [0.3, 0.4) is 0 Å². The van der Waals surface area contributed by atoms with Crippen LogP contribution in [0, 0.1) is 38.2 Å². The molecule has 0 spiro atoms. The molecule has 1 amide bonds. The van der Waals surface area contributed by atoms with Crippen molar-refractivity contribution < 1.29 is 18.0 Å². The molecule has 0 atom stereocenters. The molecule has 3 aromatic rings. The third kappa shape index (κ3) is 4.20. The van der Waals surface area contributed by atoms with Crippen LogP contribution in [-0.2, 0) is 11.2 Å². The zero-order chi connectivity index (χ0) is 21.3. The minimum atomic E-state index is -1.64. The molecule has 0 bridgehead atoms. The Labute approximate surface area is 163 Å². The molecule has 0 aliphatic heterocycles. The van der Waals surface area contributed by atoms with Crippen molar-refractivity contribution in [3.8, 4) is 5.95 Å². The molecule has 7 nitrogen and oxygen atoms in total. The van der Waals surface area contributed by atoms with Crippen molar-refractivity contribution in [2.45, 2.75) is 33.6 Å². The van der Waals surface area contributed by atoms with E-state index in [2.05, 4.69) is 20.4 Å². The number of aromatic amines is 1. The van der Waals surface area contributed by atoms with E-state index in [9.17, 15) is 22.8 Å². The lowest BCUT2D eigenvalue weighted by Gasteiger charge is -2.08. The smallest absolute Gasteiger partial charge is 0.252 e. The topological polar surface area (TPSA) is 92.7 Å². The number of anilines is 1. The van der Waals surface area contributed by atoms with Crippen molar-refractivity contribution >= 4 is 11.6 Å². The van der Waals surface area contributed by atoms with Gasteiger partial charge in [-0.1, -0.05) is 0 Å². The van der Waals surface area contributed by atoms with Crippen molar-refractivity contribution in [3.05, 3.63) is 68.6 Å². The minimum Gasteiger partial charge on any atom is -0.323 e. The summed E-state index contributed by atoms with van der Waals surface area (Å²) in [5.41, 5.74) is 1.87. The lowest BCUT2D eigenvalue weighted by Crippen LogP contribution is -2.15. The first-order chi connectivity index (χ1) is 13.7. The molecule has 2 heterocycles. The van der Waals surface area contributed by atoms with Gasteiger partial charge in [-0.05, 0) is 44.9 Å². The Hall–Kier alpha value is -3.43. The Balaban J connectivity index is 1.76. The molecule has 3 rings (SSSR count). The van der Waals surface area contributed by atoms with E-state index in [1.165, 1.54) is 10.7 Å². The van der Waals surface area contributed by atoms with Gasteiger partial charge in [0.15, 0.2) is 17.5 Å². The number of hydrogen-bond donors (Lipinski definition) is 2. The van der Waals surface area contributed by atoms with Gasteiger partial charge in [0.1, 0.15) is 0 Å². The summed E-state index contributed by atoms with van der Waals surface area (Å²) < 4.78 is 41.4. The molecule has 0 saturated heterocycles. The molecule has 2 N–H and O–H groups in total. The van der Waals surface area contributed by atoms with Gasteiger partial charge in [0.25, 0.3) is 5.56 Å². The number of halogens is 3. The van der Waals surface area contributed by atoms with E-state index in [0.29, 0.717) is 17.1 Å². The number of aryl methyl sites for hydroxylation is 2. The van der Waals surface area contributed by atoms with E-state index in [1.54, 1.807) is 20.8 Å². The number of benzene rings is 1. The molecule has 152 valence electrons. The highest BCUT2D eigenvalue weighted by Crippen LogP contribution is 2.21. The van der Waals surface area contributed by atoms with Gasteiger partial charge in [-0.3, -0.25) is 14.6 Å². The van der Waals surface area contributed by atoms with Gasteiger partial charge in [-0.25, -0.2) is 22.8 Å². The molecule has 2 aromatic heterocycles. The molecule has 1 aromatic carbocycles. The summed E-state index contributed by atoms with van der Waals surface area (Å²) in [5, 5.41) is 6.59. The fraction of sp³-hybridized carbons (Fsp3) is 0.263. The molecule has 10 heteroatoms. The summed E-state index contributed by atoms with van der Waals surface area (Å²) in [6.07, 6.45) is 0.231. The summed E-state index contributed by atoms with van der Waals surface area (Å²) in [6, 6.07) is 3.06. The number of amides is 1. The fourth-order valence-electron chi connectivity index (χ4n) is 2.98. The number of hydrogen-bond acceptors (Lipinski definition) is 4. The van der Waals surface area contributed by atoms with Crippen LogP contribution in [-0.4, -0.2) is 25.7 Å². The molecular weight excluding hydrogens is 387 g/mol. The number of nitrogens with one attached hydrogen (secondary N) is 2. The summed E-state index contributed by atoms with van der Waals surface area (Å²) in [4.78, 5) is 30.7. The number of carbonyl (C=O) groups is 1. The van der Waals surface area contributed by atoms with Crippen molar-refractivity contribution in [3.63, 3.8) is 0 Å². The van der Waals surface area contributed by atoms with Crippen LogP contribution in [0.1, 0.15) is 29.1 Å². The van der Waals surface area contributed by atoms with Crippen LogP contribution in [0.25, 0.3) is 5.95 Å². The van der Waals surface area contributed by atoms with Gasteiger partial charge < -0.3 is 5.32 Å². The Morgan fingerprint density at radius 3 is 2.59 bits per heavy atom. The quantitative estimate of drug-likeness (QED) is 0.639. The van der Waals surface area contributed by atoms with Crippen molar-refractivity contribution in [2.75, 3.05) is 5.32 Å². The molecular formula is C19H18F3N5O2. The highest BCUT2D eigenvalue weighted by molar-refractivity contribution is 5.91. The normalized spacial score (nSPS) is 11.0. The highest BCUT2D eigenvalue weighted by atomic mass is 19.2. The van der Waals surface area contributed by atoms with E-state index in [0.717, 1.165) is 17.7 Å². The lowest BCUT2D eigenvalue weighted by molar-refractivity contribution is -0.116. The van der Waals surface area contributed by atoms with E-state index in [-0.39, 0.29) is 24.3 Å². The molecule has 0 aliphatic carbocycles. The van der Waals surface area contributed by atoms with Crippen molar-refractivity contribution in [2.24, 2.45) is 0 Å². The van der Waals surface area contributed by atoms with Gasteiger partial charge in [0, 0.05) is 23.9 Å². The fourth-order valence-corrected chi connectivity index (χ4v) is 2.98. The largest absolute Gasteiger partial charge is 0.323 e. The van der Waals surface area contributed by atoms with Gasteiger partial charge in [-0.2, -0.15) is 5.10 Å². The summed E-state index contributed by atoms with van der Waals surface area (Å²) in [7, 11) is 0. The van der Waals surface area contributed by atoms with Gasteiger partial charge in [0.05, 0.1) is 11.4 Å². The third-order valence-corrected chi connectivity index (χ3v) is 4.41. The number of H-pyrrole nitrogens is 1. The first-order valence-corrected chi connectivity index (χ1v) is 8.74. The Morgan fingerprint density at radius 2 is 1.90 bits per heavy atom. The highest BCUT2D eigenvalue weighted by Gasteiger charge is 2.18. The third-order valence-electron chi connectivity index (χ3n) is 4.41. The van der Waals surface area contributed by atoms with Crippen LogP contribution >= 0.6 is 0 Å². The van der Waals surface area contributed by atoms with Gasteiger partial charge >= 0.3 is 0 Å². The van der Waals surface area contributed by atoms with Crippen LogP contribution in [0.2, 0.25) is 0 Å². The van der Waals surface area contributed by atoms with Gasteiger partial charge in [0.2, 0.25) is 11.9 Å². The number of rotatable bonds is 5. The second-order valence-electron chi connectivity index (χ2n) is 6.54. The van der Waals surface area contributed by atoms with Crippen LogP contribution in [0.4, 0.5) is 18.9 Å². The molecule has 0 fully saturated rings. The van der Waals surface area contributed by atoms with Crippen LogP contribution < -0.4 is 10.9 Å². The van der Waals surface area contributed by atoms with Gasteiger partial charge in [-0.15, -0.1) is 0 Å². The average molecular weight is 405 g/mol. The molecule has 0 aliphatic rings. The van der Waals surface area contributed by atoms with E-state index in [1.807, 2.05) is 0 Å². The number of nitrogens with zero attached hydrogens (tertiary/aromatic N) is 3. The monoisotopic (exact) mass is 405 g/mol. The Kier molecular flexibility index (Phi) is 5.53. The Bertz CT molecular complexity index is 1150. The zero-order valence-corrected chi connectivity index (χ0v) is 15.9. The molecule has 0 unspecified atom stereocenters. The van der Waals surface area contributed by atoms with E-state index >= 15 is 0 Å². The second-order valence-corrected chi connectivity index (χ2v) is 6.54. The lowest BCUT2D eigenvalue weighted by atomic mass is 10.1. The summed E-state index contributed by atoms with van der Waals surface area (Å²) in [6.45, 7) is 5.21. The minimum absolute atomic E-state index is 0.0381. The van der Waals surface area contributed by atoms with E-state index in [4.69, 9.17) is 0 Å². The molecule has 0 saturated carbocycles. The van der Waals surface area contributed by atoms with Crippen LogP contribution in [0.5, 0.6) is 0 Å². The van der Waals surface area contributed by atoms with Crippen LogP contribution in [0.15, 0.2) is 23.0 Å². The Morgan fingerprint density at radius 1 is 1.17 bits per heavy atom. The van der Waals surface area contributed by atoms with E-state index < -0.39 is 29.0 Å². The zero-order valence-electron chi connectivity index (χ0n) is 15.9. The predicted molar refractivity (Wildman–Crippen MR) is 99.5 cm³/mol. The summed E-state index contributed by atoms with van der Waals surface area (Å²) >= 11 is 0. The van der Waals surface area contributed by atoms with Crippen molar-refractivity contribution in [1.29, 1.82) is 0 Å². The molecule has 0 radical (unpaired) electrons. The van der Waals surface area contributed by atoms with Crippen molar-refractivity contribution in [1.82, 2.24) is 19.7 Å². The first kappa shape index (κ1) is 20.3. The maximum atomic E-state index is 13.7. The SMILES string of the molecule is Cc1cc(=O)[nH]c(-n2nc(C)c(CCC(=O)Nc3ccc(F)c(F)c3F)c2C)n1. The maximum absolute atomic E-state index is 13.7.